The molecule has 0 unspecified atom stereocenters. The summed E-state index contributed by atoms with van der Waals surface area (Å²) in [5.41, 5.74) is 5.22. The van der Waals surface area contributed by atoms with E-state index in [2.05, 4.69) is 51.4 Å². The molecule has 2 heterocycles. The number of benzene rings is 2. The number of likely N-dealkylation sites (tertiary alicyclic amines) is 1. The Morgan fingerprint density at radius 3 is 2.96 bits per heavy atom. The maximum absolute atomic E-state index is 12.5. The molecule has 1 amide bonds. The van der Waals surface area contributed by atoms with Gasteiger partial charge in [0.05, 0.1) is 11.0 Å². The lowest BCUT2D eigenvalue weighted by Crippen LogP contribution is -2.31. The number of hydrogen-bond donors (Lipinski definition) is 2. The summed E-state index contributed by atoms with van der Waals surface area (Å²) in [7, 11) is 0. The lowest BCUT2D eigenvalue weighted by atomic mass is 10.1. The van der Waals surface area contributed by atoms with E-state index >= 15 is 0 Å². The maximum atomic E-state index is 12.5. The van der Waals surface area contributed by atoms with E-state index in [4.69, 9.17) is 0 Å². The van der Waals surface area contributed by atoms with Crippen LogP contribution in [0.5, 0.6) is 0 Å². The summed E-state index contributed by atoms with van der Waals surface area (Å²) in [6.07, 6.45) is 1.13. The van der Waals surface area contributed by atoms with Crippen molar-refractivity contribution in [2.24, 2.45) is 5.92 Å². The van der Waals surface area contributed by atoms with Gasteiger partial charge in [0.1, 0.15) is 5.82 Å². The fraction of sp³-hybridized carbons (Fsp3) is 0.364. The van der Waals surface area contributed by atoms with Crippen LogP contribution in [0.1, 0.15) is 33.7 Å². The van der Waals surface area contributed by atoms with Crippen molar-refractivity contribution in [3.8, 4) is 0 Å². The Morgan fingerprint density at radius 2 is 2.11 bits per heavy atom. The van der Waals surface area contributed by atoms with Gasteiger partial charge in [0.15, 0.2) is 0 Å². The van der Waals surface area contributed by atoms with Crippen molar-refractivity contribution in [2.45, 2.75) is 26.8 Å². The van der Waals surface area contributed by atoms with Crippen molar-refractivity contribution in [1.29, 1.82) is 0 Å². The SMILES string of the molecule is Cc1nc2ccc(C(=O)NC[C@H]3CCN(Cc4ccccc4C)C3)cc2[nH]1. The Morgan fingerprint density at radius 1 is 1.26 bits per heavy atom. The first-order chi connectivity index (χ1) is 13.1. The normalized spacial score (nSPS) is 17.5. The van der Waals surface area contributed by atoms with Gasteiger partial charge in [-0.3, -0.25) is 9.69 Å². The van der Waals surface area contributed by atoms with Crippen molar-refractivity contribution < 1.29 is 4.79 Å². The molecule has 0 bridgehead atoms. The summed E-state index contributed by atoms with van der Waals surface area (Å²) in [6, 6.07) is 14.2. The highest BCUT2D eigenvalue weighted by Crippen LogP contribution is 2.20. The first-order valence-corrected chi connectivity index (χ1v) is 9.60. The Labute approximate surface area is 159 Å². The Kier molecular flexibility index (Phi) is 4.94. The molecule has 1 atom stereocenters. The third kappa shape index (κ3) is 4.03. The van der Waals surface area contributed by atoms with Crippen LogP contribution >= 0.6 is 0 Å². The van der Waals surface area contributed by atoms with E-state index in [1.165, 1.54) is 11.1 Å². The summed E-state index contributed by atoms with van der Waals surface area (Å²) in [6.45, 7) is 7.93. The number of nitrogens with zero attached hydrogens (tertiary/aromatic N) is 2. The monoisotopic (exact) mass is 362 g/mol. The molecule has 0 saturated carbocycles. The van der Waals surface area contributed by atoms with Crippen LogP contribution in [0.4, 0.5) is 0 Å². The number of hydrogen-bond acceptors (Lipinski definition) is 3. The molecule has 0 radical (unpaired) electrons. The first-order valence-electron chi connectivity index (χ1n) is 9.60. The zero-order valence-electron chi connectivity index (χ0n) is 16.0. The van der Waals surface area contributed by atoms with Crippen LogP contribution in [-0.4, -0.2) is 40.4 Å². The Balaban J connectivity index is 1.31. The van der Waals surface area contributed by atoms with Crippen LogP contribution in [0, 0.1) is 19.8 Å². The largest absolute Gasteiger partial charge is 0.352 e. The molecule has 1 aliphatic rings. The summed E-state index contributed by atoms with van der Waals surface area (Å²) in [5.74, 6) is 1.36. The molecule has 0 spiro atoms. The van der Waals surface area contributed by atoms with Crippen LogP contribution < -0.4 is 5.32 Å². The minimum Gasteiger partial charge on any atom is -0.352 e. The molecule has 4 rings (SSSR count). The highest BCUT2D eigenvalue weighted by atomic mass is 16.1. The minimum absolute atomic E-state index is 0.0125. The molecule has 27 heavy (non-hydrogen) atoms. The molecule has 3 aromatic rings. The van der Waals surface area contributed by atoms with Gasteiger partial charge < -0.3 is 10.3 Å². The van der Waals surface area contributed by atoms with Crippen LogP contribution in [0.3, 0.4) is 0 Å². The molecule has 5 nitrogen and oxygen atoms in total. The third-order valence-electron chi connectivity index (χ3n) is 5.44. The molecule has 5 heteroatoms. The first kappa shape index (κ1) is 17.7. The number of aromatic nitrogens is 2. The summed E-state index contributed by atoms with van der Waals surface area (Å²) in [4.78, 5) is 22.6. The number of carbonyl (C=O) groups is 1. The van der Waals surface area contributed by atoms with Gasteiger partial charge in [-0.2, -0.15) is 0 Å². The number of nitrogens with one attached hydrogen (secondary N) is 2. The second kappa shape index (κ2) is 7.53. The van der Waals surface area contributed by atoms with E-state index in [-0.39, 0.29) is 5.91 Å². The molecule has 0 aliphatic carbocycles. The van der Waals surface area contributed by atoms with E-state index in [0.29, 0.717) is 11.5 Å². The van der Waals surface area contributed by atoms with E-state index in [0.717, 1.165) is 49.5 Å². The fourth-order valence-corrected chi connectivity index (χ4v) is 3.87. The number of aromatic amines is 1. The van der Waals surface area contributed by atoms with Gasteiger partial charge in [-0.25, -0.2) is 4.98 Å². The lowest BCUT2D eigenvalue weighted by Gasteiger charge is -2.17. The number of rotatable bonds is 5. The molecular weight excluding hydrogens is 336 g/mol. The number of aryl methyl sites for hydroxylation is 2. The van der Waals surface area contributed by atoms with Crippen LogP contribution in [-0.2, 0) is 6.54 Å². The molecule has 1 aromatic heterocycles. The molecular formula is C22H26N4O. The molecule has 2 N–H and O–H groups in total. The number of amides is 1. The molecule has 1 aliphatic heterocycles. The fourth-order valence-electron chi connectivity index (χ4n) is 3.87. The van der Waals surface area contributed by atoms with E-state index in [1.807, 2.05) is 25.1 Å². The van der Waals surface area contributed by atoms with Gasteiger partial charge in [-0.15, -0.1) is 0 Å². The minimum atomic E-state index is -0.0125. The zero-order valence-corrected chi connectivity index (χ0v) is 16.0. The summed E-state index contributed by atoms with van der Waals surface area (Å²) >= 11 is 0. The molecule has 2 aromatic carbocycles. The van der Waals surface area contributed by atoms with Crippen molar-refractivity contribution in [3.63, 3.8) is 0 Å². The molecule has 1 fully saturated rings. The van der Waals surface area contributed by atoms with E-state index in [1.54, 1.807) is 0 Å². The molecule has 1 saturated heterocycles. The number of imidazole rings is 1. The topological polar surface area (TPSA) is 61.0 Å². The standard InChI is InChI=1S/C22H26N4O/c1-15-5-3-4-6-19(15)14-26-10-9-17(13-26)12-23-22(27)18-7-8-20-21(11-18)25-16(2)24-20/h3-8,11,17H,9-10,12-14H2,1-2H3,(H,23,27)(H,24,25)/t17-/m1/s1. The van der Waals surface area contributed by atoms with Crippen LogP contribution in [0.25, 0.3) is 11.0 Å². The summed E-state index contributed by atoms with van der Waals surface area (Å²) in [5, 5.41) is 3.11. The second-order valence-electron chi connectivity index (χ2n) is 7.58. The Hall–Kier alpha value is -2.66. The van der Waals surface area contributed by atoms with Gasteiger partial charge >= 0.3 is 0 Å². The van der Waals surface area contributed by atoms with Crippen LogP contribution in [0.15, 0.2) is 42.5 Å². The van der Waals surface area contributed by atoms with Crippen LogP contribution in [0.2, 0.25) is 0 Å². The predicted molar refractivity (Wildman–Crippen MR) is 108 cm³/mol. The Bertz CT molecular complexity index is 962. The number of carbonyl (C=O) groups excluding carboxylic acids is 1. The average molecular weight is 362 g/mol. The smallest absolute Gasteiger partial charge is 0.251 e. The maximum Gasteiger partial charge on any atom is 0.251 e. The van der Waals surface area contributed by atoms with Gasteiger partial charge in [0.25, 0.3) is 5.91 Å². The van der Waals surface area contributed by atoms with Gasteiger partial charge in [0.2, 0.25) is 0 Å². The quantitative estimate of drug-likeness (QED) is 0.731. The predicted octanol–water partition coefficient (Wildman–Crippen LogP) is 3.43. The second-order valence-corrected chi connectivity index (χ2v) is 7.58. The third-order valence-corrected chi connectivity index (χ3v) is 5.44. The zero-order chi connectivity index (χ0) is 18.8. The number of H-pyrrole nitrogens is 1. The highest BCUT2D eigenvalue weighted by Gasteiger charge is 2.23. The summed E-state index contributed by atoms with van der Waals surface area (Å²) < 4.78 is 0. The van der Waals surface area contributed by atoms with Gasteiger partial charge in [0, 0.05) is 25.2 Å². The number of fused-ring (bicyclic) bond motifs is 1. The van der Waals surface area contributed by atoms with Gasteiger partial charge in [-0.1, -0.05) is 24.3 Å². The van der Waals surface area contributed by atoms with E-state index in [9.17, 15) is 4.79 Å². The van der Waals surface area contributed by atoms with Gasteiger partial charge in [-0.05, 0) is 62.1 Å². The van der Waals surface area contributed by atoms with Crippen molar-refractivity contribution >= 4 is 16.9 Å². The van der Waals surface area contributed by atoms with Crippen molar-refractivity contribution in [1.82, 2.24) is 20.2 Å². The molecule has 140 valence electrons. The van der Waals surface area contributed by atoms with E-state index < -0.39 is 0 Å². The van der Waals surface area contributed by atoms with Crippen molar-refractivity contribution in [3.05, 3.63) is 65.0 Å². The average Bonchev–Trinajstić information content (AvgIpc) is 3.26. The van der Waals surface area contributed by atoms with Crippen molar-refractivity contribution in [2.75, 3.05) is 19.6 Å². The highest BCUT2D eigenvalue weighted by molar-refractivity contribution is 5.97. The lowest BCUT2D eigenvalue weighted by molar-refractivity contribution is 0.0947.